The minimum atomic E-state index is -0.267. The Morgan fingerprint density at radius 1 is 1.26 bits per heavy atom. The quantitative estimate of drug-likeness (QED) is 0.862. The first-order valence-electron chi connectivity index (χ1n) is 7.90. The Kier molecular flexibility index (Phi) is 4.50. The third kappa shape index (κ3) is 3.64. The summed E-state index contributed by atoms with van der Waals surface area (Å²) in [5.41, 5.74) is 1.19. The molecule has 0 saturated carbocycles. The van der Waals surface area contributed by atoms with Gasteiger partial charge in [-0.15, -0.1) is 0 Å². The van der Waals surface area contributed by atoms with E-state index >= 15 is 0 Å². The van der Waals surface area contributed by atoms with Crippen LogP contribution in [0.3, 0.4) is 0 Å². The molecule has 120 valence electrons. The molecular formula is C17H20N4O2. The highest BCUT2D eigenvalue weighted by Gasteiger charge is 2.21. The van der Waals surface area contributed by atoms with E-state index in [9.17, 15) is 9.59 Å². The molecule has 1 fully saturated rings. The highest BCUT2D eigenvalue weighted by atomic mass is 16.2. The number of rotatable bonds is 3. The number of hydrogen-bond donors (Lipinski definition) is 0. The van der Waals surface area contributed by atoms with Crippen LogP contribution in [0, 0.1) is 5.92 Å². The topological polar surface area (TPSA) is 68.1 Å². The van der Waals surface area contributed by atoms with E-state index in [-0.39, 0.29) is 18.0 Å². The molecule has 0 N–H and O–H groups in total. The van der Waals surface area contributed by atoms with Gasteiger partial charge in [-0.25, -0.2) is 4.68 Å². The Balaban J connectivity index is 1.77. The number of piperidine rings is 1. The van der Waals surface area contributed by atoms with Crippen LogP contribution in [0.5, 0.6) is 0 Å². The number of carbonyl (C=O) groups excluding carboxylic acids is 1. The summed E-state index contributed by atoms with van der Waals surface area (Å²) in [4.78, 5) is 30.3. The summed E-state index contributed by atoms with van der Waals surface area (Å²) in [6.45, 7) is 3.71. The Labute approximate surface area is 134 Å². The van der Waals surface area contributed by atoms with Gasteiger partial charge in [0.1, 0.15) is 6.54 Å². The summed E-state index contributed by atoms with van der Waals surface area (Å²) < 4.78 is 1.24. The van der Waals surface area contributed by atoms with Gasteiger partial charge < -0.3 is 4.90 Å². The maximum atomic E-state index is 12.4. The largest absolute Gasteiger partial charge is 0.341 e. The summed E-state index contributed by atoms with van der Waals surface area (Å²) in [6.07, 6.45) is 5.40. The SMILES string of the molecule is CC1CCN(C(=O)Cn2nc(-c3cccnc3)ccc2=O)CC1. The van der Waals surface area contributed by atoms with Crippen molar-refractivity contribution in [2.75, 3.05) is 13.1 Å². The van der Waals surface area contributed by atoms with Crippen molar-refractivity contribution < 1.29 is 4.79 Å². The normalized spacial score (nSPS) is 15.6. The molecule has 2 aromatic heterocycles. The fraction of sp³-hybridized carbons (Fsp3) is 0.412. The van der Waals surface area contributed by atoms with Crippen LogP contribution in [0.1, 0.15) is 19.8 Å². The number of pyridine rings is 1. The second-order valence-corrected chi connectivity index (χ2v) is 6.02. The molecule has 0 radical (unpaired) electrons. The van der Waals surface area contributed by atoms with E-state index in [1.54, 1.807) is 18.5 Å². The Hall–Kier alpha value is -2.50. The van der Waals surface area contributed by atoms with Crippen molar-refractivity contribution in [3.05, 3.63) is 47.0 Å². The van der Waals surface area contributed by atoms with Crippen LogP contribution in [0.2, 0.25) is 0 Å². The summed E-state index contributed by atoms with van der Waals surface area (Å²) >= 11 is 0. The lowest BCUT2D eigenvalue weighted by atomic mass is 9.99. The molecule has 2 aromatic rings. The molecule has 6 nitrogen and oxygen atoms in total. The van der Waals surface area contributed by atoms with Gasteiger partial charge in [0.2, 0.25) is 5.91 Å². The van der Waals surface area contributed by atoms with Crippen LogP contribution in [0.15, 0.2) is 41.5 Å². The van der Waals surface area contributed by atoms with Gasteiger partial charge in [0.15, 0.2) is 0 Å². The van der Waals surface area contributed by atoms with Crippen LogP contribution in [-0.2, 0) is 11.3 Å². The lowest BCUT2D eigenvalue weighted by molar-refractivity contribution is -0.133. The smallest absolute Gasteiger partial charge is 0.267 e. The molecule has 0 spiro atoms. The minimum absolute atomic E-state index is 0.0126. The third-order valence-corrected chi connectivity index (χ3v) is 4.25. The van der Waals surface area contributed by atoms with Gasteiger partial charge in [-0.05, 0) is 37.0 Å². The van der Waals surface area contributed by atoms with Crippen LogP contribution in [0.4, 0.5) is 0 Å². The molecule has 0 aromatic carbocycles. The number of aromatic nitrogens is 3. The fourth-order valence-electron chi connectivity index (χ4n) is 2.72. The van der Waals surface area contributed by atoms with Gasteiger partial charge in [0.25, 0.3) is 5.56 Å². The van der Waals surface area contributed by atoms with Crippen LogP contribution in [0.25, 0.3) is 11.3 Å². The highest BCUT2D eigenvalue weighted by molar-refractivity contribution is 5.76. The first-order valence-corrected chi connectivity index (χ1v) is 7.90. The van der Waals surface area contributed by atoms with Gasteiger partial charge >= 0.3 is 0 Å². The van der Waals surface area contributed by atoms with Crippen LogP contribution >= 0.6 is 0 Å². The van der Waals surface area contributed by atoms with Gasteiger partial charge in [0.05, 0.1) is 5.69 Å². The predicted octanol–water partition coefficient (Wildman–Crippen LogP) is 1.56. The Bertz CT molecular complexity index is 734. The maximum Gasteiger partial charge on any atom is 0.267 e. The molecule has 23 heavy (non-hydrogen) atoms. The average molecular weight is 312 g/mol. The van der Waals surface area contributed by atoms with E-state index in [4.69, 9.17) is 0 Å². The van der Waals surface area contributed by atoms with Crippen molar-refractivity contribution in [2.45, 2.75) is 26.3 Å². The van der Waals surface area contributed by atoms with Crippen molar-refractivity contribution in [3.63, 3.8) is 0 Å². The zero-order chi connectivity index (χ0) is 16.2. The lowest BCUT2D eigenvalue weighted by Gasteiger charge is -2.30. The van der Waals surface area contributed by atoms with Crippen molar-refractivity contribution >= 4 is 5.91 Å². The molecule has 0 unspecified atom stereocenters. The van der Waals surface area contributed by atoms with E-state index in [0.29, 0.717) is 11.6 Å². The number of hydrogen-bond acceptors (Lipinski definition) is 4. The maximum absolute atomic E-state index is 12.4. The zero-order valence-electron chi connectivity index (χ0n) is 13.2. The Morgan fingerprint density at radius 3 is 2.74 bits per heavy atom. The van der Waals surface area contributed by atoms with Crippen molar-refractivity contribution in [1.29, 1.82) is 0 Å². The first kappa shape index (κ1) is 15.4. The Morgan fingerprint density at radius 2 is 2.04 bits per heavy atom. The molecule has 1 amide bonds. The summed E-state index contributed by atoms with van der Waals surface area (Å²) in [6, 6.07) is 6.79. The van der Waals surface area contributed by atoms with Crippen LogP contribution in [-0.4, -0.2) is 38.7 Å². The second kappa shape index (κ2) is 6.73. The van der Waals surface area contributed by atoms with Gasteiger partial charge in [0, 0.05) is 37.1 Å². The van der Waals surface area contributed by atoms with Gasteiger partial charge in [-0.3, -0.25) is 14.6 Å². The predicted molar refractivity (Wildman–Crippen MR) is 86.7 cm³/mol. The minimum Gasteiger partial charge on any atom is -0.341 e. The molecule has 3 heterocycles. The molecule has 1 aliphatic heterocycles. The average Bonchev–Trinajstić information content (AvgIpc) is 2.58. The number of carbonyl (C=O) groups is 1. The molecule has 1 aliphatic rings. The standard InChI is InChI=1S/C17H20N4O2/c1-13-6-9-20(10-7-13)17(23)12-21-16(22)5-4-15(19-21)14-3-2-8-18-11-14/h2-5,8,11,13H,6-7,9-10,12H2,1H3. The van der Waals surface area contributed by atoms with Crippen LogP contribution < -0.4 is 5.56 Å². The van der Waals surface area contributed by atoms with Crippen molar-refractivity contribution in [3.8, 4) is 11.3 Å². The van der Waals surface area contributed by atoms with E-state index in [1.807, 2.05) is 17.0 Å². The van der Waals surface area contributed by atoms with E-state index in [1.165, 1.54) is 10.7 Å². The fourth-order valence-corrected chi connectivity index (χ4v) is 2.72. The van der Waals surface area contributed by atoms with Gasteiger partial charge in [-0.2, -0.15) is 5.10 Å². The molecule has 3 rings (SSSR count). The third-order valence-electron chi connectivity index (χ3n) is 4.25. The molecule has 1 saturated heterocycles. The zero-order valence-corrected chi connectivity index (χ0v) is 13.2. The van der Waals surface area contributed by atoms with Gasteiger partial charge in [-0.1, -0.05) is 6.92 Å². The van der Waals surface area contributed by atoms with E-state index < -0.39 is 0 Å². The molecule has 0 atom stereocenters. The summed E-state index contributed by atoms with van der Waals surface area (Å²) in [7, 11) is 0. The second-order valence-electron chi connectivity index (χ2n) is 6.02. The first-order chi connectivity index (χ1) is 11.1. The molecule has 0 bridgehead atoms. The molecular weight excluding hydrogens is 292 g/mol. The summed E-state index contributed by atoms with van der Waals surface area (Å²) in [5.74, 6) is 0.614. The molecule has 6 heteroatoms. The highest BCUT2D eigenvalue weighted by Crippen LogP contribution is 2.16. The summed E-state index contributed by atoms with van der Waals surface area (Å²) in [5, 5.41) is 4.31. The van der Waals surface area contributed by atoms with E-state index in [0.717, 1.165) is 31.5 Å². The van der Waals surface area contributed by atoms with Crippen molar-refractivity contribution in [1.82, 2.24) is 19.7 Å². The number of amides is 1. The molecule has 0 aliphatic carbocycles. The number of nitrogens with zero attached hydrogens (tertiary/aromatic N) is 4. The monoisotopic (exact) mass is 312 g/mol. The number of likely N-dealkylation sites (tertiary alicyclic amines) is 1. The van der Waals surface area contributed by atoms with E-state index in [2.05, 4.69) is 17.0 Å². The lowest BCUT2D eigenvalue weighted by Crippen LogP contribution is -2.41. The van der Waals surface area contributed by atoms with Crippen molar-refractivity contribution in [2.24, 2.45) is 5.92 Å².